The number of hydrogen-bond donors (Lipinski definition) is 1. The van der Waals surface area contributed by atoms with Gasteiger partial charge in [0.05, 0.1) is 11.2 Å². The van der Waals surface area contributed by atoms with Gasteiger partial charge in [-0.1, -0.05) is 41.9 Å². The third kappa shape index (κ3) is 4.46. The van der Waals surface area contributed by atoms with Crippen molar-refractivity contribution < 1.29 is 4.39 Å². The Bertz CT molecular complexity index is 873. The van der Waals surface area contributed by atoms with E-state index in [0.717, 1.165) is 0 Å². The summed E-state index contributed by atoms with van der Waals surface area (Å²) in [5, 5.41) is 11.1. The topological polar surface area (TPSA) is 53.9 Å². The molecular weight excluding hydrogens is 353 g/mol. The molecule has 3 aromatic rings. The molecule has 0 saturated heterocycles. The number of rotatable bonds is 6. The monoisotopic (exact) mass is 371 g/mol. The second-order valence-electron chi connectivity index (χ2n) is 6.10. The van der Waals surface area contributed by atoms with Crippen molar-refractivity contribution in [1.82, 2.24) is 15.2 Å². The molecule has 1 heterocycles. The van der Waals surface area contributed by atoms with Gasteiger partial charge in [-0.25, -0.2) is 4.39 Å². The Morgan fingerprint density at radius 1 is 1.15 bits per heavy atom. The Balaban J connectivity index is 1.82. The summed E-state index contributed by atoms with van der Waals surface area (Å²) in [6, 6.07) is 14.7. The fourth-order valence-electron chi connectivity index (χ4n) is 2.50. The SMILES string of the molecule is CC(C)N(Cc1ccccc1)c1cnnc(Nc2ccc(F)c(Cl)c2)n1. The minimum atomic E-state index is -0.473. The lowest BCUT2D eigenvalue weighted by atomic mass is 10.2. The van der Waals surface area contributed by atoms with Gasteiger partial charge in [0.1, 0.15) is 5.82 Å². The predicted molar refractivity (Wildman–Crippen MR) is 102 cm³/mol. The molecule has 2 aromatic carbocycles. The van der Waals surface area contributed by atoms with Gasteiger partial charge >= 0.3 is 0 Å². The van der Waals surface area contributed by atoms with Crippen LogP contribution in [-0.2, 0) is 6.54 Å². The van der Waals surface area contributed by atoms with Crippen LogP contribution in [0.5, 0.6) is 0 Å². The molecule has 26 heavy (non-hydrogen) atoms. The summed E-state index contributed by atoms with van der Waals surface area (Å²) >= 11 is 5.81. The Hall–Kier alpha value is -2.73. The second kappa shape index (κ2) is 8.10. The molecule has 3 rings (SSSR count). The maximum atomic E-state index is 13.3. The van der Waals surface area contributed by atoms with Crippen molar-refractivity contribution in [3.05, 3.63) is 71.1 Å². The highest BCUT2D eigenvalue weighted by Crippen LogP contribution is 2.23. The number of halogens is 2. The van der Waals surface area contributed by atoms with Crippen LogP contribution in [-0.4, -0.2) is 21.2 Å². The molecule has 7 heteroatoms. The summed E-state index contributed by atoms with van der Waals surface area (Å²) in [5.74, 6) is 0.553. The van der Waals surface area contributed by atoms with E-state index in [4.69, 9.17) is 11.6 Å². The molecule has 0 radical (unpaired) electrons. The first kappa shape index (κ1) is 18.1. The molecule has 0 atom stereocenters. The molecule has 5 nitrogen and oxygen atoms in total. The van der Waals surface area contributed by atoms with Crippen molar-refractivity contribution in [2.45, 2.75) is 26.4 Å². The average Bonchev–Trinajstić information content (AvgIpc) is 2.64. The molecular formula is C19H19ClFN5. The third-order valence-corrected chi connectivity index (χ3v) is 4.12. The van der Waals surface area contributed by atoms with Gasteiger partial charge in [-0.2, -0.15) is 10.1 Å². The van der Waals surface area contributed by atoms with Gasteiger partial charge in [-0.3, -0.25) is 0 Å². The minimum absolute atomic E-state index is 0.0343. The molecule has 0 spiro atoms. The molecule has 0 aliphatic carbocycles. The van der Waals surface area contributed by atoms with Crippen LogP contribution in [0.15, 0.2) is 54.7 Å². The lowest BCUT2D eigenvalue weighted by molar-refractivity contribution is 0.628. The van der Waals surface area contributed by atoms with E-state index in [9.17, 15) is 4.39 Å². The molecule has 0 amide bonds. The van der Waals surface area contributed by atoms with Crippen LogP contribution in [0.25, 0.3) is 0 Å². The van der Waals surface area contributed by atoms with Gasteiger partial charge in [-0.05, 0) is 37.6 Å². The van der Waals surface area contributed by atoms with E-state index in [-0.39, 0.29) is 11.1 Å². The Labute approximate surface area is 156 Å². The smallest absolute Gasteiger partial charge is 0.249 e. The van der Waals surface area contributed by atoms with Crippen molar-refractivity contribution in [1.29, 1.82) is 0 Å². The van der Waals surface area contributed by atoms with Crippen LogP contribution in [0.4, 0.5) is 21.8 Å². The van der Waals surface area contributed by atoms with E-state index in [2.05, 4.69) is 51.4 Å². The van der Waals surface area contributed by atoms with Crippen LogP contribution in [0.2, 0.25) is 5.02 Å². The van der Waals surface area contributed by atoms with Gasteiger partial charge in [0.25, 0.3) is 0 Å². The summed E-state index contributed by atoms with van der Waals surface area (Å²) in [6.45, 7) is 4.90. The fourth-order valence-corrected chi connectivity index (χ4v) is 2.68. The Kier molecular flexibility index (Phi) is 5.63. The van der Waals surface area contributed by atoms with E-state index in [1.54, 1.807) is 12.3 Å². The zero-order valence-corrected chi connectivity index (χ0v) is 15.3. The minimum Gasteiger partial charge on any atom is -0.348 e. The van der Waals surface area contributed by atoms with Gasteiger partial charge in [0.2, 0.25) is 5.95 Å². The van der Waals surface area contributed by atoms with Crippen LogP contribution in [0.1, 0.15) is 19.4 Å². The summed E-state index contributed by atoms with van der Waals surface area (Å²) in [4.78, 5) is 6.67. The molecule has 1 aromatic heterocycles. The summed E-state index contributed by atoms with van der Waals surface area (Å²) in [6.07, 6.45) is 1.63. The van der Waals surface area contributed by atoms with Gasteiger partial charge < -0.3 is 10.2 Å². The molecule has 0 fully saturated rings. The van der Waals surface area contributed by atoms with Crippen molar-refractivity contribution in [2.24, 2.45) is 0 Å². The lowest BCUT2D eigenvalue weighted by Gasteiger charge is -2.27. The normalized spacial score (nSPS) is 10.8. The number of anilines is 3. The summed E-state index contributed by atoms with van der Waals surface area (Å²) in [7, 11) is 0. The van der Waals surface area contributed by atoms with Crippen LogP contribution in [0, 0.1) is 5.82 Å². The van der Waals surface area contributed by atoms with E-state index >= 15 is 0 Å². The number of benzene rings is 2. The fraction of sp³-hybridized carbons (Fsp3) is 0.211. The molecule has 0 saturated carbocycles. The van der Waals surface area contributed by atoms with E-state index < -0.39 is 5.82 Å². The van der Waals surface area contributed by atoms with Gasteiger partial charge in [0, 0.05) is 18.3 Å². The first-order valence-corrected chi connectivity index (χ1v) is 8.63. The number of aromatic nitrogens is 3. The first-order chi connectivity index (χ1) is 12.5. The van der Waals surface area contributed by atoms with Crippen molar-refractivity contribution in [3.63, 3.8) is 0 Å². The van der Waals surface area contributed by atoms with Crippen LogP contribution in [0.3, 0.4) is 0 Å². The van der Waals surface area contributed by atoms with E-state index in [1.165, 1.54) is 17.7 Å². The van der Waals surface area contributed by atoms with Crippen LogP contribution >= 0.6 is 11.6 Å². The number of nitrogens with one attached hydrogen (secondary N) is 1. The standard InChI is InChI=1S/C19H19ClFN5/c1-13(2)26(12-14-6-4-3-5-7-14)18-11-22-25-19(24-18)23-15-8-9-17(21)16(20)10-15/h3-11,13H,12H2,1-2H3,(H,23,24,25). The van der Waals surface area contributed by atoms with Gasteiger partial charge in [-0.15, -0.1) is 5.10 Å². The van der Waals surface area contributed by atoms with E-state index in [0.29, 0.717) is 24.0 Å². The highest BCUT2D eigenvalue weighted by Gasteiger charge is 2.14. The van der Waals surface area contributed by atoms with Crippen molar-refractivity contribution >= 4 is 29.1 Å². The molecule has 0 aliphatic heterocycles. The maximum absolute atomic E-state index is 13.3. The molecule has 0 bridgehead atoms. The Morgan fingerprint density at radius 3 is 2.62 bits per heavy atom. The average molecular weight is 372 g/mol. The van der Waals surface area contributed by atoms with Crippen molar-refractivity contribution in [3.8, 4) is 0 Å². The highest BCUT2D eigenvalue weighted by molar-refractivity contribution is 6.31. The molecule has 0 unspecified atom stereocenters. The summed E-state index contributed by atoms with van der Waals surface area (Å²) < 4.78 is 13.3. The highest BCUT2D eigenvalue weighted by atomic mass is 35.5. The second-order valence-corrected chi connectivity index (χ2v) is 6.51. The maximum Gasteiger partial charge on any atom is 0.249 e. The number of hydrogen-bond acceptors (Lipinski definition) is 5. The molecule has 1 N–H and O–H groups in total. The van der Waals surface area contributed by atoms with E-state index in [1.807, 2.05) is 18.2 Å². The molecule has 134 valence electrons. The van der Waals surface area contributed by atoms with Crippen LogP contribution < -0.4 is 10.2 Å². The van der Waals surface area contributed by atoms with Crippen molar-refractivity contribution in [2.75, 3.05) is 10.2 Å². The predicted octanol–water partition coefficient (Wildman–Crippen LogP) is 4.82. The molecule has 0 aliphatic rings. The zero-order chi connectivity index (χ0) is 18.5. The Morgan fingerprint density at radius 2 is 1.92 bits per heavy atom. The largest absolute Gasteiger partial charge is 0.348 e. The number of nitrogens with zero attached hydrogens (tertiary/aromatic N) is 4. The quantitative estimate of drug-likeness (QED) is 0.673. The summed E-state index contributed by atoms with van der Waals surface area (Å²) in [5.41, 5.74) is 1.77. The third-order valence-electron chi connectivity index (χ3n) is 3.84. The lowest BCUT2D eigenvalue weighted by Crippen LogP contribution is -2.31. The zero-order valence-electron chi connectivity index (χ0n) is 14.5. The van der Waals surface area contributed by atoms with Gasteiger partial charge in [0.15, 0.2) is 5.82 Å². The first-order valence-electron chi connectivity index (χ1n) is 8.25.